The zero-order valence-corrected chi connectivity index (χ0v) is 12.9. The summed E-state index contributed by atoms with van der Waals surface area (Å²) >= 11 is 0. The third-order valence-corrected chi connectivity index (χ3v) is 4.66. The molecule has 1 heterocycles. The SMILES string of the molecule is COCC(=O)NC[C@]1(O)CN(CC2CCCCC2)C[C@H]1O. The van der Waals surface area contributed by atoms with Crippen molar-refractivity contribution < 1.29 is 19.7 Å². The number of carbonyl (C=O) groups is 1. The van der Waals surface area contributed by atoms with E-state index in [9.17, 15) is 15.0 Å². The maximum Gasteiger partial charge on any atom is 0.246 e. The number of carbonyl (C=O) groups excluding carboxylic acids is 1. The lowest BCUT2D eigenvalue weighted by atomic mass is 9.89. The van der Waals surface area contributed by atoms with Crippen LogP contribution in [0.3, 0.4) is 0 Å². The molecule has 0 radical (unpaired) electrons. The Balaban J connectivity index is 1.79. The minimum atomic E-state index is -1.25. The highest BCUT2D eigenvalue weighted by atomic mass is 16.5. The number of methoxy groups -OCH3 is 1. The molecule has 2 rings (SSSR count). The smallest absolute Gasteiger partial charge is 0.246 e. The first kappa shape index (κ1) is 16.7. The average Bonchev–Trinajstić information content (AvgIpc) is 2.73. The van der Waals surface area contributed by atoms with Gasteiger partial charge in [-0.05, 0) is 18.8 Å². The summed E-state index contributed by atoms with van der Waals surface area (Å²) in [6.07, 6.45) is 5.58. The molecule has 2 aliphatic rings. The van der Waals surface area contributed by atoms with Crippen LogP contribution in [0, 0.1) is 5.92 Å². The standard InChI is InChI=1S/C15H28N2O4/c1-21-9-14(19)16-10-15(20)11-17(8-13(15)18)7-12-5-3-2-4-6-12/h12-13,18,20H,2-11H2,1H3,(H,16,19)/t13-,15+/m1/s1. The van der Waals surface area contributed by atoms with Crippen molar-refractivity contribution in [2.24, 2.45) is 5.92 Å². The monoisotopic (exact) mass is 300 g/mol. The van der Waals surface area contributed by atoms with Gasteiger partial charge < -0.3 is 20.3 Å². The molecule has 6 heteroatoms. The lowest BCUT2D eigenvalue weighted by molar-refractivity contribution is -0.126. The van der Waals surface area contributed by atoms with Gasteiger partial charge in [0.25, 0.3) is 0 Å². The number of aliphatic hydroxyl groups is 2. The number of aliphatic hydroxyl groups excluding tert-OH is 1. The summed E-state index contributed by atoms with van der Waals surface area (Å²) in [5, 5.41) is 23.3. The first-order valence-electron chi connectivity index (χ1n) is 7.92. The van der Waals surface area contributed by atoms with Crippen LogP contribution in [0.5, 0.6) is 0 Å². The predicted molar refractivity (Wildman–Crippen MR) is 78.9 cm³/mol. The number of ether oxygens (including phenoxy) is 1. The molecular weight excluding hydrogens is 272 g/mol. The van der Waals surface area contributed by atoms with Gasteiger partial charge in [0.05, 0.1) is 12.6 Å². The molecule has 1 saturated carbocycles. The Hall–Kier alpha value is -0.690. The van der Waals surface area contributed by atoms with Crippen molar-refractivity contribution in [3.05, 3.63) is 0 Å². The summed E-state index contributed by atoms with van der Waals surface area (Å²) in [5.74, 6) is 0.403. The van der Waals surface area contributed by atoms with Crippen molar-refractivity contribution in [3.63, 3.8) is 0 Å². The maximum absolute atomic E-state index is 11.4. The lowest BCUT2D eigenvalue weighted by Gasteiger charge is -2.28. The zero-order chi connectivity index (χ0) is 15.3. The topological polar surface area (TPSA) is 82.0 Å². The summed E-state index contributed by atoms with van der Waals surface area (Å²) in [5.41, 5.74) is -1.25. The highest BCUT2D eigenvalue weighted by Gasteiger charge is 2.44. The van der Waals surface area contributed by atoms with E-state index in [0.717, 1.165) is 6.54 Å². The van der Waals surface area contributed by atoms with E-state index in [-0.39, 0.29) is 19.1 Å². The third kappa shape index (κ3) is 4.64. The van der Waals surface area contributed by atoms with Crippen molar-refractivity contribution in [2.45, 2.75) is 43.8 Å². The average molecular weight is 300 g/mol. The molecule has 0 spiro atoms. The number of hydrogen-bond donors (Lipinski definition) is 3. The van der Waals surface area contributed by atoms with Crippen molar-refractivity contribution >= 4 is 5.91 Å². The fourth-order valence-electron chi connectivity index (χ4n) is 3.45. The van der Waals surface area contributed by atoms with Gasteiger partial charge in [0.2, 0.25) is 5.91 Å². The Morgan fingerprint density at radius 1 is 1.38 bits per heavy atom. The third-order valence-electron chi connectivity index (χ3n) is 4.66. The Morgan fingerprint density at radius 3 is 2.76 bits per heavy atom. The summed E-state index contributed by atoms with van der Waals surface area (Å²) in [6.45, 7) is 1.87. The van der Waals surface area contributed by atoms with E-state index >= 15 is 0 Å². The number of hydrogen-bond acceptors (Lipinski definition) is 5. The molecule has 21 heavy (non-hydrogen) atoms. The molecule has 0 bridgehead atoms. The second kappa shape index (κ2) is 7.54. The molecule has 122 valence electrons. The number of β-amino-alcohol motifs (C(OH)–C–C–N with tert-alkyl or cyclic N) is 2. The second-order valence-electron chi connectivity index (χ2n) is 6.53. The van der Waals surface area contributed by atoms with Crippen LogP contribution in [0.2, 0.25) is 0 Å². The largest absolute Gasteiger partial charge is 0.389 e. The first-order chi connectivity index (χ1) is 10.0. The van der Waals surface area contributed by atoms with Crippen LogP contribution in [-0.2, 0) is 9.53 Å². The molecule has 2 fully saturated rings. The van der Waals surface area contributed by atoms with E-state index in [1.54, 1.807) is 0 Å². The molecular formula is C15H28N2O4. The maximum atomic E-state index is 11.4. The van der Waals surface area contributed by atoms with Crippen LogP contribution in [0.4, 0.5) is 0 Å². The molecule has 1 aliphatic carbocycles. The Labute approximate surface area is 126 Å². The van der Waals surface area contributed by atoms with Gasteiger partial charge in [0.1, 0.15) is 12.2 Å². The van der Waals surface area contributed by atoms with Gasteiger partial charge in [0, 0.05) is 26.7 Å². The van der Waals surface area contributed by atoms with Crippen LogP contribution in [-0.4, -0.2) is 72.6 Å². The van der Waals surface area contributed by atoms with E-state index in [2.05, 4.69) is 10.2 Å². The van der Waals surface area contributed by atoms with Crippen LogP contribution in [0.25, 0.3) is 0 Å². The second-order valence-corrected chi connectivity index (χ2v) is 6.53. The van der Waals surface area contributed by atoms with E-state index < -0.39 is 11.7 Å². The lowest BCUT2D eigenvalue weighted by Crippen LogP contribution is -2.51. The van der Waals surface area contributed by atoms with E-state index in [1.165, 1.54) is 39.2 Å². The molecule has 2 atom stereocenters. The Kier molecular flexibility index (Phi) is 5.98. The molecule has 1 amide bonds. The van der Waals surface area contributed by atoms with Crippen molar-refractivity contribution in [1.29, 1.82) is 0 Å². The molecule has 1 saturated heterocycles. The van der Waals surface area contributed by atoms with Gasteiger partial charge >= 0.3 is 0 Å². The highest BCUT2D eigenvalue weighted by molar-refractivity contribution is 5.77. The van der Waals surface area contributed by atoms with Gasteiger partial charge in [0.15, 0.2) is 0 Å². The number of likely N-dealkylation sites (tertiary alicyclic amines) is 1. The van der Waals surface area contributed by atoms with Crippen molar-refractivity contribution in [2.75, 3.05) is 39.9 Å². The minimum Gasteiger partial charge on any atom is -0.389 e. The molecule has 0 aromatic carbocycles. The van der Waals surface area contributed by atoms with E-state index in [1.807, 2.05) is 0 Å². The van der Waals surface area contributed by atoms with Gasteiger partial charge in [-0.1, -0.05) is 19.3 Å². The van der Waals surface area contributed by atoms with Gasteiger partial charge in [-0.3, -0.25) is 9.69 Å². The fourth-order valence-corrected chi connectivity index (χ4v) is 3.45. The minimum absolute atomic E-state index is 0.0298. The number of amides is 1. The number of nitrogens with zero attached hydrogens (tertiary/aromatic N) is 1. The van der Waals surface area contributed by atoms with Crippen molar-refractivity contribution in [1.82, 2.24) is 10.2 Å². The molecule has 0 aromatic heterocycles. The molecule has 0 unspecified atom stereocenters. The van der Waals surface area contributed by atoms with Gasteiger partial charge in [-0.25, -0.2) is 0 Å². The zero-order valence-electron chi connectivity index (χ0n) is 12.9. The molecule has 3 N–H and O–H groups in total. The van der Waals surface area contributed by atoms with Crippen LogP contribution in [0.1, 0.15) is 32.1 Å². The van der Waals surface area contributed by atoms with Gasteiger partial charge in [-0.15, -0.1) is 0 Å². The fraction of sp³-hybridized carbons (Fsp3) is 0.933. The summed E-state index contributed by atoms with van der Waals surface area (Å²) in [7, 11) is 1.45. The highest BCUT2D eigenvalue weighted by Crippen LogP contribution is 2.28. The van der Waals surface area contributed by atoms with Crippen LogP contribution < -0.4 is 5.32 Å². The van der Waals surface area contributed by atoms with Crippen LogP contribution in [0.15, 0.2) is 0 Å². The van der Waals surface area contributed by atoms with Crippen molar-refractivity contribution in [3.8, 4) is 0 Å². The quantitative estimate of drug-likeness (QED) is 0.629. The number of nitrogens with one attached hydrogen (secondary N) is 1. The Bertz CT molecular complexity index is 347. The Morgan fingerprint density at radius 2 is 2.10 bits per heavy atom. The molecule has 6 nitrogen and oxygen atoms in total. The molecule has 0 aromatic rings. The first-order valence-corrected chi connectivity index (χ1v) is 7.92. The van der Waals surface area contributed by atoms with Gasteiger partial charge in [-0.2, -0.15) is 0 Å². The van der Waals surface area contributed by atoms with Crippen LogP contribution >= 0.6 is 0 Å². The normalized spacial score (nSPS) is 31.5. The predicted octanol–water partition coefficient (Wildman–Crippen LogP) is -0.263. The number of rotatable bonds is 6. The summed E-state index contributed by atoms with van der Waals surface area (Å²) < 4.78 is 4.73. The van der Waals surface area contributed by atoms with E-state index in [0.29, 0.717) is 19.0 Å². The molecule has 1 aliphatic heterocycles. The summed E-state index contributed by atoms with van der Waals surface area (Å²) in [4.78, 5) is 13.5. The summed E-state index contributed by atoms with van der Waals surface area (Å²) in [6, 6.07) is 0. The van der Waals surface area contributed by atoms with E-state index in [4.69, 9.17) is 4.74 Å².